The highest BCUT2D eigenvalue weighted by Gasteiger charge is 2.15. The third kappa shape index (κ3) is 2.48. The first kappa shape index (κ1) is 13.6. The summed E-state index contributed by atoms with van der Waals surface area (Å²) in [6.07, 6.45) is 2.63. The van der Waals surface area contributed by atoms with Crippen LogP contribution in [0.1, 0.15) is 24.0 Å². The van der Waals surface area contributed by atoms with Crippen molar-refractivity contribution in [3.63, 3.8) is 0 Å². The minimum Gasteiger partial charge on any atom is -0.435 e. The van der Waals surface area contributed by atoms with Crippen molar-refractivity contribution in [1.82, 2.24) is 14.4 Å². The highest BCUT2D eigenvalue weighted by Crippen LogP contribution is 2.28. The van der Waals surface area contributed by atoms with Gasteiger partial charge in [0.25, 0.3) is 0 Å². The van der Waals surface area contributed by atoms with Crippen LogP contribution in [-0.4, -0.2) is 19.5 Å². The molecule has 3 heterocycles. The van der Waals surface area contributed by atoms with Crippen molar-refractivity contribution in [3.05, 3.63) is 53.6 Å². The van der Waals surface area contributed by atoms with Crippen LogP contribution in [0.15, 0.2) is 36.5 Å². The third-order valence-corrected chi connectivity index (χ3v) is 3.36. The fourth-order valence-corrected chi connectivity index (χ4v) is 2.30. The van der Waals surface area contributed by atoms with Gasteiger partial charge in [-0.3, -0.25) is 9.38 Å². The lowest BCUT2D eigenvalue weighted by atomic mass is 10.2. The molecule has 0 aromatic carbocycles. The minimum atomic E-state index is -0.138. The molecular weight excluding hydrogens is 266 g/mol. The number of hydrogen-bond donors (Lipinski definition) is 1. The van der Waals surface area contributed by atoms with Crippen molar-refractivity contribution in [2.45, 2.75) is 26.9 Å². The molecule has 0 aliphatic heterocycles. The Kier molecular flexibility index (Phi) is 3.58. The lowest BCUT2D eigenvalue weighted by molar-refractivity contribution is 0.269. The summed E-state index contributed by atoms with van der Waals surface area (Å²) in [6, 6.07) is 9.47. The molecule has 3 rings (SSSR count). The van der Waals surface area contributed by atoms with Gasteiger partial charge in [0.05, 0.1) is 12.3 Å². The molecule has 0 atom stereocenters. The molecule has 0 radical (unpaired) electrons. The zero-order valence-electron chi connectivity index (χ0n) is 12.1. The molecule has 0 bridgehead atoms. The molecule has 1 N–H and O–H groups in total. The van der Waals surface area contributed by atoms with Crippen LogP contribution in [0.3, 0.4) is 0 Å². The second kappa shape index (κ2) is 5.54. The van der Waals surface area contributed by atoms with Crippen molar-refractivity contribution in [2.24, 2.45) is 0 Å². The largest absolute Gasteiger partial charge is 0.435 e. The van der Waals surface area contributed by atoms with Gasteiger partial charge in [0.15, 0.2) is 5.75 Å². The second-order valence-electron chi connectivity index (χ2n) is 4.80. The molecule has 0 fully saturated rings. The van der Waals surface area contributed by atoms with Gasteiger partial charge < -0.3 is 9.84 Å². The maximum atomic E-state index is 9.60. The monoisotopic (exact) mass is 283 g/mol. The summed E-state index contributed by atoms with van der Waals surface area (Å²) in [7, 11) is 0. The molecule has 0 aliphatic carbocycles. The van der Waals surface area contributed by atoms with Crippen LogP contribution in [0, 0.1) is 6.92 Å². The van der Waals surface area contributed by atoms with E-state index in [-0.39, 0.29) is 6.61 Å². The van der Waals surface area contributed by atoms with E-state index in [1.54, 1.807) is 0 Å². The quantitative estimate of drug-likeness (QED) is 0.800. The van der Waals surface area contributed by atoms with Gasteiger partial charge in [-0.15, -0.1) is 0 Å². The molecule has 108 valence electrons. The Hall–Kier alpha value is -2.40. The molecule has 0 saturated heterocycles. The van der Waals surface area contributed by atoms with Crippen molar-refractivity contribution >= 4 is 5.65 Å². The number of ether oxygens (including phenoxy) is 1. The molecular formula is C16H17N3O2. The van der Waals surface area contributed by atoms with E-state index >= 15 is 0 Å². The van der Waals surface area contributed by atoms with E-state index in [2.05, 4.69) is 9.97 Å². The number of aliphatic hydroxyl groups is 1. The molecule has 0 amide bonds. The first-order valence-corrected chi connectivity index (χ1v) is 6.94. The molecule has 5 nitrogen and oxygen atoms in total. The number of aryl methyl sites for hydroxylation is 2. The Bertz CT molecular complexity index is 780. The minimum absolute atomic E-state index is 0.138. The Labute approximate surface area is 122 Å². The summed E-state index contributed by atoms with van der Waals surface area (Å²) in [5.74, 6) is 1.10. The highest BCUT2D eigenvalue weighted by molar-refractivity contribution is 5.47. The Morgan fingerprint density at radius 3 is 2.81 bits per heavy atom. The van der Waals surface area contributed by atoms with Gasteiger partial charge in [0.2, 0.25) is 5.88 Å². The van der Waals surface area contributed by atoms with Crippen LogP contribution < -0.4 is 4.74 Å². The SMILES string of the molecule is CCc1nc(C)ccc1Oc1nc2ccccn2c1CO. The van der Waals surface area contributed by atoms with E-state index in [1.807, 2.05) is 54.8 Å². The zero-order valence-corrected chi connectivity index (χ0v) is 12.1. The van der Waals surface area contributed by atoms with Crippen molar-refractivity contribution in [3.8, 4) is 11.6 Å². The highest BCUT2D eigenvalue weighted by atomic mass is 16.5. The maximum Gasteiger partial charge on any atom is 0.243 e. The smallest absolute Gasteiger partial charge is 0.243 e. The van der Waals surface area contributed by atoms with Crippen LogP contribution in [0.25, 0.3) is 5.65 Å². The van der Waals surface area contributed by atoms with E-state index in [1.165, 1.54) is 0 Å². The lowest BCUT2D eigenvalue weighted by Gasteiger charge is -2.09. The molecule has 0 spiro atoms. The number of aromatic nitrogens is 3. The Morgan fingerprint density at radius 2 is 2.05 bits per heavy atom. The molecule has 0 aliphatic rings. The van der Waals surface area contributed by atoms with Crippen LogP contribution in [0.2, 0.25) is 0 Å². The summed E-state index contributed by atoms with van der Waals surface area (Å²) >= 11 is 0. The first-order chi connectivity index (χ1) is 10.2. The topological polar surface area (TPSA) is 59.7 Å². The van der Waals surface area contributed by atoms with Crippen LogP contribution in [0.5, 0.6) is 11.6 Å². The summed E-state index contributed by atoms with van der Waals surface area (Å²) in [4.78, 5) is 8.90. The fraction of sp³-hybridized carbons (Fsp3) is 0.250. The van der Waals surface area contributed by atoms with Gasteiger partial charge in [0.1, 0.15) is 11.3 Å². The number of fused-ring (bicyclic) bond motifs is 1. The lowest BCUT2D eigenvalue weighted by Crippen LogP contribution is -1.98. The van der Waals surface area contributed by atoms with Gasteiger partial charge in [-0.25, -0.2) is 0 Å². The molecule has 5 heteroatoms. The zero-order chi connectivity index (χ0) is 14.8. The molecule has 3 aromatic heterocycles. The maximum absolute atomic E-state index is 9.60. The number of pyridine rings is 2. The number of aliphatic hydroxyl groups excluding tert-OH is 1. The van der Waals surface area contributed by atoms with Crippen LogP contribution >= 0.6 is 0 Å². The average molecular weight is 283 g/mol. The van der Waals surface area contributed by atoms with E-state index in [4.69, 9.17) is 4.74 Å². The number of imidazole rings is 1. The van der Waals surface area contributed by atoms with E-state index in [0.29, 0.717) is 17.3 Å². The van der Waals surface area contributed by atoms with E-state index < -0.39 is 0 Å². The van der Waals surface area contributed by atoms with Gasteiger partial charge in [-0.1, -0.05) is 13.0 Å². The summed E-state index contributed by atoms with van der Waals surface area (Å²) in [6.45, 7) is 3.85. The summed E-state index contributed by atoms with van der Waals surface area (Å²) < 4.78 is 7.73. The third-order valence-electron chi connectivity index (χ3n) is 3.36. The van der Waals surface area contributed by atoms with E-state index in [9.17, 15) is 5.11 Å². The van der Waals surface area contributed by atoms with Gasteiger partial charge in [-0.2, -0.15) is 4.98 Å². The number of nitrogens with zero attached hydrogens (tertiary/aromatic N) is 3. The Morgan fingerprint density at radius 1 is 1.19 bits per heavy atom. The summed E-state index contributed by atoms with van der Waals surface area (Å²) in [5, 5.41) is 9.60. The summed E-state index contributed by atoms with van der Waals surface area (Å²) in [5.41, 5.74) is 3.22. The van der Waals surface area contributed by atoms with Gasteiger partial charge >= 0.3 is 0 Å². The number of rotatable bonds is 4. The van der Waals surface area contributed by atoms with Gasteiger partial charge in [-0.05, 0) is 37.6 Å². The van der Waals surface area contributed by atoms with Crippen LogP contribution in [-0.2, 0) is 13.0 Å². The number of hydrogen-bond acceptors (Lipinski definition) is 4. The average Bonchev–Trinajstić information content (AvgIpc) is 2.86. The fourth-order valence-electron chi connectivity index (χ4n) is 2.30. The van der Waals surface area contributed by atoms with Gasteiger partial charge in [0, 0.05) is 11.9 Å². The predicted molar refractivity (Wildman–Crippen MR) is 79.5 cm³/mol. The van der Waals surface area contributed by atoms with Crippen molar-refractivity contribution < 1.29 is 9.84 Å². The molecule has 0 unspecified atom stereocenters. The van der Waals surface area contributed by atoms with E-state index in [0.717, 1.165) is 23.5 Å². The Balaban J connectivity index is 2.06. The predicted octanol–water partition coefficient (Wildman–Crippen LogP) is 2.88. The van der Waals surface area contributed by atoms with Crippen molar-refractivity contribution in [1.29, 1.82) is 0 Å². The normalized spacial score (nSPS) is 11.0. The van der Waals surface area contributed by atoms with Crippen molar-refractivity contribution in [2.75, 3.05) is 0 Å². The molecule has 0 saturated carbocycles. The molecule has 21 heavy (non-hydrogen) atoms. The second-order valence-corrected chi connectivity index (χ2v) is 4.80. The first-order valence-electron chi connectivity index (χ1n) is 6.94. The van der Waals surface area contributed by atoms with Crippen LogP contribution in [0.4, 0.5) is 0 Å². The standard InChI is InChI=1S/C16H17N3O2/c1-3-12-14(8-7-11(2)17-12)21-16-13(10-20)19-9-5-4-6-15(19)18-16/h4-9,20H,3,10H2,1-2H3. The molecule has 3 aromatic rings.